The lowest BCUT2D eigenvalue weighted by Gasteiger charge is -2.31. The van der Waals surface area contributed by atoms with Gasteiger partial charge in [0.25, 0.3) is 5.91 Å². The molecule has 7 nitrogen and oxygen atoms in total. The second-order valence-electron chi connectivity index (χ2n) is 8.43. The van der Waals surface area contributed by atoms with Gasteiger partial charge >= 0.3 is 0 Å². The van der Waals surface area contributed by atoms with E-state index in [0.717, 1.165) is 34.4 Å². The van der Waals surface area contributed by atoms with Crippen LogP contribution in [0.5, 0.6) is 0 Å². The van der Waals surface area contributed by atoms with Gasteiger partial charge in [-0.15, -0.1) is 11.3 Å². The molecule has 5 rings (SSSR count). The highest BCUT2D eigenvalue weighted by atomic mass is 35.5. The van der Waals surface area contributed by atoms with Crippen LogP contribution in [-0.4, -0.2) is 44.3 Å². The van der Waals surface area contributed by atoms with Gasteiger partial charge in [0.05, 0.1) is 22.5 Å². The number of nitrogens with zero attached hydrogens (tertiary/aromatic N) is 4. The van der Waals surface area contributed by atoms with Crippen LogP contribution in [0.15, 0.2) is 53.9 Å². The lowest BCUT2D eigenvalue weighted by Crippen LogP contribution is -2.38. The molecule has 2 aromatic carbocycles. The highest BCUT2D eigenvalue weighted by Gasteiger charge is 2.27. The van der Waals surface area contributed by atoms with Crippen molar-refractivity contribution in [3.05, 3.63) is 75.2 Å². The lowest BCUT2D eigenvalue weighted by atomic mass is 9.97. The lowest BCUT2D eigenvalue weighted by molar-refractivity contribution is -0.131. The maximum Gasteiger partial charge on any atom is 0.277 e. The third kappa shape index (κ3) is 4.56. The topological polar surface area (TPSA) is 80.1 Å². The molecular formula is C25H24ClN5O2S. The molecule has 1 aliphatic heterocycles. The summed E-state index contributed by atoms with van der Waals surface area (Å²) in [4.78, 5) is 36.5. The molecule has 0 radical (unpaired) electrons. The third-order valence-electron chi connectivity index (χ3n) is 6.26. The van der Waals surface area contributed by atoms with E-state index in [1.165, 1.54) is 11.3 Å². The number of hydrogen-bond acceptors (Lipinski definition) is 5. The van der Waals surface area contributed by atoms with Gasteiger partial charge < -0.3 is 9.47 Å². The van der Waals surface area contributed by atoms with Gasteiger partial charge in [-0.1, -0.05) is 41.9 Å². The molecule has 9 heteroatoms. The Morgan fingerprint density at radius 3 is 2.59 bits per heavy atom. The predicted molar refractivity (Wildman–Crippen MR) is 134 cm³/mol. The van der Waals surface area contributed by atoms with Crippen molar-refractivity contribution in [3.8, 4) is 0 Å². The Hall–Kier alpha value is -3.23. The second-order valence-corrected chi connectivity index (χ2v) is 9.73. The van der Waals surface area contributed by atoms with Crippen molar-refractivity contribution >= 4 is 51.7 Å². The zero-order chi connectivity index (χ0) is 23.7. The summed E-state index contributed by atoms with van der Waals surface area (Å²) >= 11 is 7.70. The summed E-state index contributed by atoms with van der Waals surface area (Å²) in [5, 5.41) is 6.23. The summed E-state index contributed by atoms with van der Waals surface area (Å²) in [6, 6.07) is 15.2. The molecule has 0 atom stereocenters. The summed E-state index contributed by atoms with van der Waals surface area (Å²) in [5.41, 5.74) is 3.03. The Bertz CT molecular complexity index is 1360. The smallest absolute Gasteiger partial charge is 0.277 e. The van der Waals surface area contributed by atoms with E-state index in [4.69, 9.17) is 11.6 Å². The first-order chi connectivity index (χ1) is 16.5. The number of imidazole rings is 1. The number of benzene rings is 2. The monoisotopic (exact) mass is 493 g/mol. The van der Waals surface area contributed by atoms with E-state index in [-0.39, 0.29) is 17.7 Å². The number of piperidine rings is 1. The molecule has 2 amide bonds. The van der Waals surface area contributed by atoms with E-state index >= 15 is 0 Å². The molecule has 0 bridgehead atoms. The Morgan fingerprint density at radius 2 is 1.82 bits per heavy atom. The number of anilines is 1. The van der Waals surface area contributed by atoms with Crippen LogP contribution in [0, 0.1) is 0 Å². The van der Waals surface area contributed by atoms with Crippen LogP contribution >= 0.6 is 22.9 Å². The van der Waals surface area contributed by atoms with Gasteiger partial charge in [-0.2, -0.15) is 0 Å². The summed E-state index contributed by atoms with van der Waals surface area (Å²) in [6.45, 7) is 1.35. The maximum absolute atomic E-state index is 12.8. The van der Waals surface area contributed by atoms with Crippen LogP contribution in [0.2, 0.25) is 5.02 Å². The number of hydrogen-bond donors (Lipinski definition) is 1. The number of aryl methyl sites for hydroxylation is 1. The van der Waals surface area contributed by atoms with Crippen LogP contribution in [-0.2, 0) is 18.3 Å². The van der Waals surface area contributed by atoms with Gasteiger partial charge in [0.1, 0.15) is 5.69 Å². The quantitative estimate of drug-likeness (QED) is 0.429. The van der Waals surface area contributed by atoms with Crippen LogP contribution in [0.4, 0.5) is 5.95 Å². The largest absolute Gasteiger partial charge is 0.342 e. The average Bonchev–Trinajstić information content (AvgIpc) is 3.46. The molecule has 0 aliphatic carbocycles. The fourth-order valence-corrected chi connectivity index (χ4v) is 5.47. The SMILES string of the molecule is Cn1c(NC(=O)c2csc(C3CCN(C(=O)Cc4ccccc4Cl)CC3)n2)nc2ccccc21. The third-order valence-corrected chi connectivity index (χ3v) is 7.64. The number of carbonyl (C=O) groups excluding carboxylic acids is 2. The molecule has 1 saturated heterocycles. The molecule has 1 aliphatic rings. The zero-order valence-corrected chi connectivity index (χ0v) is 20.3. The van der Waals surface area contributed by atoms with E-state index in [1.807, 2.05) is 65.0 Å². The van der Waals surface area contributed by atoms with E-state index < -0.39 is 0 Å². The molecule has 0 unspecified atom stereocenters. The summed E-state index contributed by atoms with van der Waals surface area (Å²) in [5.74, 6) is 0.555. The van der Waals surface area contributed by atoms with Crippen molar-refractivity contribution in [3.63, 3.8) is 0 Å². The number of likely N-dealkylation sites (tertiary alicyclic amines) is 1. The number of halogens is 1. The molecule has 1 N–H and O–H groups in total. The Labute approximate surface area is 206 Å². The predicted octanol–water partition coefficient (Wildman–Crippen LogP) is 4.88. The van der Waals surface area contributed by atoms with Crippen molar-refractivity contribution in [1.82, 2.24) is 19.4 Å². The first-order valence-corrected chi connectivity index (χ1v) is 12.4. The molecule has 0 spiro atoms. The van der Waals surface area contributed by atoms with E-state index in [1.54, 1.807) is 5.38 Å². The fourth-order valence-electron chi connectivity index (χ4n) is 4.29. The highest BCUT2D eigenvalue weighted by Crippen LogP contribution is 2.31. The van der Waals surface area contributed by atoms with Gasteiger partial charge in [-0.05, 0) is 36.6 Å². The van der Waals surface area contributed by atoms with Gasteiger partial charge in [0.15, 0.2) is 0 Å². The Morgan fingerprint density at radius 1 is 1.09 bits per heavy atom. The summed E-state index contributed by atoms with van der Waals surface area (Å²) in [6.07, 6.45) is 1.97. The van der Waals surface area contributed by atoms with Crippen LogP contribution in [0.1, 0.15) is 39.8 Å². The van der Waals surface area contributed by atoms with E-state index in [0.29, 0.717) is 36.2 Å². The van der Waals surface area contributed by atoms with Crippen molar-refractivity contribution in [2.24, 2.45) is 7.05 Å². The van der Waals surface area contributed by atoms with E-state index in [2.05, 4.69) is 15.3 Å². The standard InChI is InChI=1S/C25H24ClN5O2S/c1-30-21-9-5-4-8-19(21)28-25(30)29-23(33)20-15-34-24(27-20)16-10-12-31(13-11-16)22(32)14-17-6-2-3-7-18(17)26/h2-9,15-16H,10-14H2,1H3,(H,28,29,33). The molecule has 4 aromatic rings. The first kappa shape index (κ1) is 22.6. The van der Waals surface area contributed by atoms with E-state index in [9.17, 15) is 9.59 Å². The molecule has 174 valence electrons. The summed E-state index contributed by atoms with van der Waals surface area (Å²) in [7, 11) is 1.87. The Balaban J connectivity index is 1.19. The number of nitrogens with one attached hydrogen (secondary N) is 1. The molecule has 0 saturated carbocycles. The van der Waals surface area contributed by atoms with Gasteiger partial charge in [-0.3, -0.25) is 14.9 Å². The van der Waals surface area contributed by atoms with Crippen LogP contribution < -0.4 is 5.32 Å². The van der Waals surface area contributed by atoms with Crippen LogP contribution in [0.25, 0.3) is 11.0 Å². The number of amides is 2. The van der Waals surface area contributed by atoms with Crippen molar-refractivity contribution in [2.45, 2.75) is 25.2 Å². The summed E-state index contributed by atoms with van der Waals surface area (Å²) < 4.78 is 1.86. The average molecular weight is 494 g/mol. The zero-order valence-electron chi connectivity index (χ0n) is 18.7. The highest BCUT2D eigenvalue weighted by molar-refractivity contribution is 7.10. The van der Waals surface area contributed by atoms with Crippen molar-refractivity contribution in [1.29, 1.82) is 0 Å². The molecule has 34 heavy (non-hydrogen) atoms. The number of rotatable bonds is 5. The minimum atomic E-state index is -0.270. The second kappa shape index (κ2) is 9.56. The number of para-hydroxylation sites is 2. The number of carbonyl (C=O) groups is 2. The van der Waals surface area contributed by atoms with Crippen LogP contribution in [0.3, 0.4) is 0 Å². The van der Waals surface area contributed by atoms with Gasteiger partial charge in [0.2, 0.25) is 11.9 Å². The fraction of sp³-hybridized carbons (Fsp3) is 0.280. The minimum absolute atomic E-state index is 0.0909. The number of thiazole rings is 1. The number of fused-ring (bicyclic) bond motifs is 1. The normalized spacial score (nSPS) is 14.5. The number of aromatic nitrogens is 3. The minimum Gasteiger partial charge on any atom is -0.342 e. The van der Waals surface area contributed by atoms with Crippen molar-refractivity contribution in [2.75, 3.05) is 18.4 Å². The Kier molecular flexibility index (Phi) is 6.34. The van der Waals surface area contributed by atoms with Crippen molar-refractivity contribution < 1.29 is 9.59 Å². The molecule has 3 heterocycles. The maximum atomic E-state index is 12.8. The molecule has 2 aromatic heterocycles. The molecule has 1 fully saturated rings. The van der Waals surface area contributed by atoms with Gasteiger partial charge in [-0.25, -0.2) is 9.97 Å². The van der Waals surface area contributed by atoms with Gasteiger partial charge in [0, 0.05) is 36.5 Å². The molecular weight excluding hydrogens is 470 g/mol. The first-order valence-electron chi connectivity index (χ1n) is 11.2.